The van der Waals surface area contributed by atoms with Crippen molar-refractivity contribution in [2.45, 2.75) is 24.9 Å². The number of hydrogen-bond donors (Lipinski definition) is 1. The summed E-state index contributed by atoms with van der Waals surface area (Å²) in [6.07, 6.45) is 0.494. The van der Waals surface area contributed by atoms with Crippen LogP contribution in [-0.2, 0) is 4.79 Å². The highest BCUT2D eigenvalue weighted by molar-refractivity contribution is 5.77. The number of nitrogens with zero attached hydrogens (tertiary/aromatic N) is 1. The van der Waals surface area contributed by atoms with Crippen LogP contribution >= 0.6 is 0 Å². The highest BCUT2D eigenvalue weighted by Crippen LogP contribution is 2.28. The molecule has 0 unspecified atom stereocenters. The van der Waals surface area contributed by atoms with Crippen molar-refractivity contribution < 1.29 is 9.72 Å². The van der Waals surface area contributed by atoms with Crippen LogP contribution in [-0.4, -0.2) is 16.9 Å². The van der Waals surface area contributed by atoms with E-state index in [-0.39, 0.29) is 23.7 Å². The van der Waals surface area contributed by atoms with E-state index in [2.05, 4.69) is 5.32 Å². The van der Waals surface area contributed by atoms with Gasteiger partial charge in [-0.3, -0.25) is 14.9 Å². The van der Waals surface area contributed by atoms with Crippen LogP contribution in [0.15, 0.2) is 54.6 Å². The Morgan fingerprint density at radius 1 is 1.00 bits per heavy atom. The topological polar surface area (TPSA) is 72.2 Å². The number of amides is 1. The van der Waals surface area contributed by atoms with Gasteiger partial charge in [-0.05, 0) is 16.7 Å². The Kier molecular flexibility index (Phi) is 3.87. The highest BCUT2D eigenvalue weighted by atomic mass is 16.6. The summed E-state index contributed by atoms with van der Waals surface area (Å²) in [6.45, 7) is 0. The van der Waals surface area contributed by atoms with Crippen molar-refractivity contribution in [1.29, 1.82) is 0 Å². The van der Waals surface area contributed by atoms with E-state index in [9.17, 15) is 14.9 Å². The molecule has 0 spiro atoms. The normalized spacial score (nSPS) is 21.2. The zero-order valence-electron chi connectivity index (χ0n) is 11.9. The Bertz CT molecular complexity index is 683. The summed E-state index contributed by atoms with van der Waals surface area (Å²) in [5, 5.41) is 13.9. The molecule has 5 nitrogen and oxygen atoms in total. The third-order valence-corrected chi connectivity index (χ3v) is 4.02. The molecule has 1 aliphatic heterocycles. The number of piperidine rings is 1. The summed E-state index contributed by atoms with van der Waals surface area (Å²) in [6, 6.07) is 16.2. The summed E-state index contributed by atoms with van der Waals surface area (Å²) in [5.74, 6) is -0.129. The number of hydrogen-bond acceptors (Lipinski definition) is 3. The van der Waals surface area contributed by atoms with Gasteiger partial charge in [-0.2, -0.15) is 0 Å². The zero-order chi connectivity index (χ0) is 15.5. The highest BCUT2D eigenvalue weighted by Gasteiger charge is 2.37. The average Bonchev–Trinajstić information content (AvgIpc) is 2.55. The summed E-state index contributed by atoms with van der Waals surface area (Å²) in [4.78, 5) is 22.5. The second-order valence-electron chi connectivity index (χ2n) is 5.42. The lowest BCUT2D eigenvalue weighted by atomic mass is 9.91. The first-order valence-corrected chi connectivity index (χ1v) is 7.23. The maximum absolute atomic E-state index is 11.6. The molecule has 0 aromatic heterocycles. The lowest BCUT2D eigenvalue weighted by molar-refractivity contribution is -0.529. The molecule has 22 heavy (non-hydrogen) atoms. The Labute approximate surface area is 128 Å². The first kappa shape index (κ1) is 14.3. The molecule has 1 aliphatic rings. The van der Waals surface area contributed by atoms with E-state index < -0.39 is 12.1 Å². The third-order valence-electron chi connectivity index (χ3n) is 4.02. The Morgan fingerprint density at radius 3 is 2.27 bits per heavy atom. The van der Waals surface area contributed by atoms with Gasteiger partial charge in [0.25, 0.3) is 0 Å². The largest absolute Gasteiger partial charge is 0.343 e. The number of rotatable bonds is 3. The molecular formula is C17H16N2O3. The van der Waals surface area contributed by atoms with Gasteiger partial charge in [0, 0.05) is 17.8 Å². The molecule has 112 valence electrons. The monoisotopic (exact) mass is 296 g/mol. The van der Waals surface area contributed by atoms with E-state index >= 15 is 0 Å². The van der Waals surface area contributed by atoms with E-state index in [0.717, 1.165) is 16.7 Å². The molecule has 0 bridgehead atoms. The summed E-state index contributed by atoms with van der Waals surface area (Å²) >= 11 is 0. The minimum Gasteiger partial charge on any atom is -0.343 e. The van der Waals surface area contributed by atoms with Gasteiger partial charge in [-0.25, -0.2) is 0 Å². The molecule has 0 aliphatic carbocycles. The van der Waals surface area contributed by atoms with Crippen LogP contribution in [0.3, 0.4) is 0 Å². The summed E-state index contributed by atoms with van der Waals surface area (Å²) in [7, 11) is 0. The van der Waals surface area contributed by atoms with Crippen molar-refractivity contribution in [3.05, 3.63) is 70.3 Å². The average molecular weight is 296 g/mol. The molecule has 2 atom stereocenters. The van der Waals surface area contributed by atoms with Crippen molar-refractivity contribution in [2.24, 2.45) is 0 Å². The van der Waals surface area contributed by atoms with Crippen molar-refractivity contribution in [3.63, 3.8) is 0 Å². The first-order chi connectivity index (χ1) is 10.6. The van der Waals surface area contributed by atoms with Crippen molar-refractivity contribution in [2.75, 3.05) is 0 Å². The standard InChI is InChI=1S/C17H16N2O3/c20-16-11-10-15(19(21)22)17(18-16)14-8-6-13(7-9-14)12-4-2-1-3-5-12/h1-9,15,17H,10-11H2,(H,18,20)/t15-,17+/m1/s1. The molecule has 2 aromatic carbocycles. The lowest BCUT2D eigenvalue weighted by Crippen LogP contribution is -2.45. The van der Waals surface area contributed by atoms with Gasteiger partial charge in [0.15, 0.2) is 0 Å². The molecule has 0 radical (unpaired) electrons. The number of nitrogens with one attached hydrogen (secondary N) is 1. The van der Waals surface area contributed by atoms with Crippen LogP contribution in [0.1, 0.15) is 24.4 Å². The second-order valence-corrected chi connectivity index (χ2v) is 5.42. The lowest BCUT2D eigenvalue weighted by Gasteiger charge is -2.26. The Morgan fingerprint density at radius 2 is 1.64 bits per heavy atom. The quantitative estimate of drug-likeness (QED) is 0.699. The van der Waals surface area contributed by atoms with Crippen LogP contribution in [0.25, 0.3) is 11.1 Å². The van der Waals surface area contributed by atoms with Gasteiger partial charge in [-0.1, -0.05) is 54.6 Å². The molecule has 1 saturated heterocycles. The second kappa shape index (κ2) is 5.97. The van der Waals surface area contributed by atoms with Crippen molar-refractivity contribution in [3.8, 4) is 11.1 Å². The molecule has 2 aromatic rings. The molecule has 3 rings (SSSR count). The fraction of sp³-hybridized carbons (Fsp3) is 0.235. The van der Waals surface area contributed by atoms with E-state index in [1.54, 1.807) is 0 Å². The maximum atomic E-state index is 11.6. The van der Waals surface area contributed by atoms with Crippen LogP contribution in [0.5, 0.6) is 0 Å². The van der Waals surface area contributed by atoms with Gasteiger partial charge in [0.1, 0.15) is 6.04 Å². The number of benzene rings is 2. The van der Waals surface area contributed by atoms with Crippen molar-refractivity contribution >= 4 is 5.91 Å². The molecule has 0 saturated carbocycles. The SMILES string of the molecule is O=C1CC[C@@H]([N+](=O)[O-])[C@H](c2ccc(-c3ccccc3)cc2)N1. The first-order valence-electron chi connectivity index (χ1n) is 7.23. The fourth-order valence-corrected chi connectivity index (χ4v) is 2.83. The molecule has 5 heteroatoms. The molecular weight excluding hydrogens is 280 g/mol. The van der Waals surface area contributed by atoms with Gasteiger partial charge in [-0.15, -0.1) is 0 Å². The van der Waals surface area contributed by atoms with E-state index in [4.69, 9.17) is 0 Å². The summed E-state index contributed by atoms with van der Waals surface area (Å²) < 4.78 is 0. The van der Waals surface area contributed by atoms with Crippen LogP contribution < -0.4 is 5.32 Å². The van der Waals surface area contributed by atoms with Crippen LogP contribution in [0.4, 0.5) is 0 Å². The summed E-state index contributed by atoms with van der Waals surface area (Å²) in [5.41, 5.74) is 2.91. The maximum Gasteiger partial charge on any atom is 0.237 e. The van der Waals surface area contributed by atoms with Crippen LogP contribution in [0, 0.1) is 10.1 Å². The minimum atomic E-state index is -0.764. The Hall–Kier alpha value is -2.69. The van der Waals surface area contributed by atoms with Crippen molar-refractivity contribution in [1.82, 2.24) is 5.32 Å². The van der Waals surface area contributed by atoms with Crippen LogP contribution in [0.2, 0.25) is 0 Å². The number of nitro groups is 1. The van der Waals surface area contributed by atoms with E-state index in [0.29, 0.717) is 0 Å². The van der Waals surface area contributed by atoms with E-state index in [1.807, 2.05) is 54.6 Å². The molecule has 1 N–H and O–H groups in total. The van der Waals surface area contributed by atoms with E-state index in [1.165, 1.54) is 0 Å². The number of carbonyl (C=O) groups is 1. The predicted octanol–water partition coefficient (Wildman–Crippen LogP) is 2.95. The zero-order valence-corrected chi connectivity index (χ0v) is 11.9. The van der Waals surface area contributed by atoms with Gasteiger partial charge in [0.2, 0.25) is 11.9 Å². The van der Waals surface area contributed by atoms with Gasteiger partial charge < -0.3 is 5.32 Å². The minimum absolute atomic E-state index is 0.129. The third kappa shape index (κ3) is 2.83. The number of carbonyl (C=O) groups excluding carboxylic acids is 1. The Balaban J connectivity index is 1.87. The fourth-order valence-electron chi connectivity index (χ4n) is 2.83. The smallest absolute Gasteiger partial charge is 0.237 e. The molecule has 1 heterocycles. The van der Waals surface area contributed by atoms with Gasteiger partial charge in [0.05, 0.1) is 0 Å². The predicted molar refractivity (Wildman–Crippen MR) is 82.8 cm³/mol. The van der Waals surface area contributed by atoms with Gasteiger partial charge >= 0.3 is 0 Å². The molecule has 1 amide bonds. The molecule has 1 fully saturated rings.